The number of hydrogen-bond donors (Lipinski definition) is 2. The summed E-state index contributed by atoms with van der Waals surface area (Å²) in [7, 11) is 0. The fourth-order valence-corrected chi connectivity index (χ4v) is 2.77. The van der Waals surface area contributed by atoms with Crippen LogP contribution in [-0.2, 0) is 4.79 Å². The number of carbonyl (C=O) groups is 2. The molecule has 2 rings (SSSR count). The van der Waals surface area contributed by atoms with E-state index in [1.807, 2.05) is 0 Å². The second-order valence-electron chi connectivity index (χ2n) is 5.78. The third-order valence-corrected chi connectivity index (χ3v) is 3.91. The summed E-state index contributed by atoms with van der Waals surface area (Å²) >= 11 is 0. The third-order valence-electron chi connectivity index (χ3n) is 3.91. The molecule has 1 fully saturated rings. The first-order chi connectivity index (χ1) is 9.48. The zero-order valence-electron chi connectivity index (χ0n) is 11.9. The molecule has 1 saturated carbocycles. The maximum atomic E-state index is 12.1. The lowest BCUT2D eigenvalue weighted by Gasteiger charge is -2.32. The van der Waals surface area contributed by atoms with Gasteiger partial charge >= 0.3 is 0 Å². The Hall–Kier alpha value is -1.68. The molecule has 0 aliphatic heterocycles. The summed E-state index contributed by atoms with van der Waals surface area (Å²) < 4.78 is 0. The molecule has 0 atom stereocenters. The Labute approximate surface area is 119 Å². The molecule has 0 bridgehead atoms. The van der Waals surface area contributed by atoms with Gasteiger partial charge in [0.2, 0.25) is 5.91 Å². The topological polar surface area (TPSA) is 72.2 Å². The molecule has 0 saturated heterocycles. The molecule has 4 nitrogen and oxygen atoms in total. The number of Topliss-reactive ketones (excluding diaryl/α,β-unsaturated/α-hetero) is 1. The Morgan fingerprint density at radius 2 is 1.95 bits per heavy atom. The monoisotopic (exact) mass is 274 g/mol. The molecular formula is C16H22N2O2. The van der Waals surface area contributed by atoms with Crippen LogP contribution in [0.15, 0.2) is 24.3 Å². The van der Waals surface area contributed by atoms with Gasteiger partial charge in [-0.1, -0.05) is 31.4 Å². The molecule has 4 heteroatoms. The number of benzene rings is 1. The first-order valence-electron chi connectivity index (χ1n) is 7.18. The zero-order chi connectivity index (χ0) is 14.6. The molecule has 1 aliphatic carbocycles. The minimum atomic E-state index is -0.361. The smallest absolute Gasteiger partial charge is 0.226 e. The Morgan fingerprint density at radius 3 is 2.60 bits per heavy atom. The van der Waals surface area contributed by atoms with Crippen LogP contribution in [0.2, 0.25) is 0 Å². The van der Waals surface area contributed by atoms with Crippen molar-refractivity contribution in [3.05, 3.63) is 29.8 Å². The molecule has 108 valence electrons. The third kappa shape index (κ3) is 3.90. The molecule has 3 N–H and O–H groups in total. The van der Waals surface area contributed by atoms with Crippen molar-refractivity contribution in [3.8, 4) is 0 Å². The molecule has 1 aliphatic rings. The van der Waals surface area contributed by atoms with Gasteiger partial charge in [0.05, 0.1) is 0 Å². The highest BCUT2D eigenvalue weighted by molar-refractivity contribution is 5.97. The Kier molecular flexibility index (Phi) is 4.55. The van der Waals surface area contributed by atoms with E-state index in [0.29, 0.717) is 17.7 Å². The van der Waals surface area contributed by atoms with Gasteiger partial charge in [0.15, 0.2) is 5.78 Å². The zero-order valence-corrected chi connectivity index (χ0v) is 11.9. The Morgan fingerprint density at radius 1 is 1.25 bits per heavy atom. The normalized spacial score (nSPS) is 17.5. The van der Waals surface area contributed by atoms with Crippen LogP contribution in [0.3, 0.4) is 0 Å². The standard InChI is InChI=1S/C16H22N2O2/c1-12(19)13-6-5-7-14(10-13)18-15(20)11-16(17)8-3-2-4-9-16/h5-7,10H,2-4,8-9,11,17H2,1H3,(H,18,20). The van der Waals surface area contributed by atoms with Crippen molar-refractivity contribution in [3.63, 3.8) is 0 Å². The number of hydrogen-bond acceptors (Lipinski definition) is 3. The summed E-state index contributed by atoms with van der Waals surface area (Å²) in [5, 5.41) is 2.84. The molecule has 1 amide bonds. The predicted octanol–water partition coefficient (Wildman–Crippen LogP) is 2.88. The molecule has 0 unspecified atom stereocenters. The molecule has 1 aromatic carbocycles. The number of ketones is 1. The van der Waals surface area contributed by atoms with E-state index in [-0.39, 0.29) is 17.2 Å². The minimum absolute atomic E-state index is 0.0105. The van der Waals surface area contributed by atoms with E-state index < -0.39 is 0 Å². The van der Waals surface area contributed by atoms with Crippen LogP contribution in [0.25, 0.3) is 0 Å². The summed E-state index contributed by atoms with van der Waals surface area (Å²) in [6.45, 7) is 1.51. The summed E-state index contributed by atoms with van der Waals surface area (Å²) in [5.74, 6) is -0.0845. The number of anilines is 1. The van der Waals surface area contributed by atoms with Crippen molar-refractivity contribution < 1.29 is 9.59 Å². The predicted molar refractivity (Wildman–Crippen MR) is 79.7 cm³/mol. The van der Waals surface area contributed by atoms with Crippen LogP contribution < -0.4 is 11.1 Å². The van der Waals surface area contributed by atoms with Crippen molar-refractivity contribution in [2.24, 2.45) is 5.73 Å². The maximum Gasteiger partial charge on any atom is 0.226 e. The second kappa shape index (κ2) is 6.18. The quantitative estimate of drug-likeness (QED) is 0.829. The van der Waals surface area contributed by atoms with Gasteiger partial charge in [-0.05, 0) is 31.9 Å². The van der Waals surface area contributed by atoms with E-state index in [2.05, 4.69) is 5.32 Å². The number of rotatable bonds is 4. The minimum Gasteiger partial charge on any atom is -0.326 e. The molecular weight excluding hydrogens is 252 g/mol. The van der Waals surface area contributed by atoms with Gasteiger partial charge < -0.3 is 11.1 Å². The van der Waals surface area contributed by atoms with E-state index >= 15 is 0 Å². The van der Waals surface area contributed by atoms with Crippen LogP contribution in [0, 0.1) is 0 Å². The summed E-state index contributed by atoms with van der Waals surface area (Å²) in [6, 6.07) is 6.99. The Balaban J connectivity index is 1.97. The summed E-state index contributed by atoms with van der Waals surface area (Å²) in [4.78, 5) is 23.4. The molecule has 0 spiro atoms. The summed E-state index contributed by atoms with van der Waals surface area (Å²) in [5.41, 5.74) is 7.17. The lowest BCUT2D eigenvalue weighted by Crippen LogP contribution is -2.44. The van der Waals surface area contributed by atoms with E-state index in [9.17, 15) is 9.59 Å². The second-order valence-corrected chi connectivity index (χ2v) is 5.78. The number of nitrogens with one attached hydrogen (secondary N) is 1. The van der Waals surface area contributed by atoms with E-state index in [4.69, 9.17) is 5.73 Å². The van der Waals surface area contributed by atoms with E-state index in [1.165, 1.54) is 13.3 Å². The fraction of sp³-hybridized carbons (Fsp3) is 0.500. The highest BCUT2D eigenvalue weighted by Crippen LogP contribution is 2.29. The lowest BCUT2D eigenvalue weighted by atomic mass is 9.80. The molecule has 20 heavy (non-hydrogen) atoms. The van der Waals surface area contributed by atoms with Gasteiger partial charge in [-0.15, -0.1) is 0 Å². The van der Waals surface area contributed by atoms with E-state index in [1.54, 1.807) is 24.3 Å². The average Bonchev–Trinajstić information content (AvgIpc) is 2.39. The molecule has 0 heterocycles. The first kappa shape index (κ1) is 14.7. The highest BCUT2D eigenvalue weighted by atomic mass is 16.1. The van der Waals surface area contributed by atoms with Gasteiger partial charge in [-0.2, -0.15) is 0 Å². The first-order valence-corrected chi connectivity index (χ1v) is 7.18. The van der Waals surface area contributed by atoms with Crippen molar-refractivity contribution >= 4 is 17.4 Å². The van der Waals surface area contributed by atoms with Crippen LogP contribution in [-0.4, -0.2) is 17.2 Å². The van der Waals surface area contributed by atoms with Gasteiger partial charge in [-0.25, -0.2) is 0 Å². The van der Waals surface area contributed by atoms with Gasteiger partial charge in [0, 0.05) is 23.2 Å². The van der Waals surface area contributed by atoms with Crippen molar-refractivity contribution in [1.29, 1.82) is 0 Å². The van der Waals surface area contributed by atoms with Crippen LogP contribution in [0.4, 0.5) is 5.69 Å². The van der Waals surface area contributed by atoms with Crippen molar-refractivity contribution in [2.75, 3.05) is 5.32 Å². The lowest BCUT2D eigenvalue weighted by molar-refractivity contribution is -0.117. The molecule has 0 radical (unpaired) electrons. The molecule has 0 aromatic heterocycles. The van der Waals surface area contributed by atoms with Crippen molar-refractivity contribution in [1.82, 2.24) is 0 Å². The number of amides is 1. The fourth-order valence-electron chi connectivity index (χ4n) is 2.77. The van der Waals surface area contributed by atoms with Crippen LogP contribution in [0.5, 0.6) is 0 Å². The largest absolute Gasteiger partial charge is 0.326 e. The van der Waals surface area contributed by atoms with Crippen LogP contribution in [0.1, 0.15) is 55.8 Å². The van der Waals surface area contributed by atoms with Crippen molar-refractivity contribution in [2.45, 2.75) is 51.0 Å². The number of nitrogens with two attached hydrogens (primary N) is 1. The highest BCUT2D eigenvalue weighted by Gasteiger charge is 2.29. The maximum absolute atomic E-state index is 12.1. The van der Waals surface area contributed by atoms with E-state index in [0.717, 1.165) is 25.7 Å². The summed E-state index contributed by atoms with van der Waals surface area (Å²) in [6.07, 6.45) is 5.58. The average molecular weight is 274 g/mol. The number of carbonyl (C=O) groups excluding carboxylic acids is 2. The van der Waals surface area contributed by atoms with Gasteiger partial charge in [0.25, 0.3) is 0 Å². The molecule has 1 aromatic rings. The van der Waals surface area contributed by atoms with Crippen LogP contribution >= 0.6 is 0 Å². The SMILES string of the molecule is CC(=O)c1cccc(NC(=O)CC2(N)CCCCC2)c1. The Bertz CT molecular complexity index is 505. The van der Waals surface area contributed by atoms with Gasteiger partial charge in [0.1, 0.15) is 0 Å². The van der Waals surface area contributed by atoms with Gasteiger partial charge in [-0.3, -0.25) is 9.59 Å².